The Kier molecular flexibility index (Phi) is 6.37. The maximum Gasteiger partial charge on any atom is 0.313 e. The van der Waals surface area contributed by atoms with Crippen LogP contribution in [0, 0.1) is 0 Å². The van der Waals surface area contributed by atoms with Gasteiger partial charge in [-0.2, -0.15) is 0 Å². The van der Waals surface area contributed by atoms with Crippen molar-refractivity contribution < 1.29 is 24.6 Å². The number of benzene rings is 2. The zero-order valence-corrected chi connectivity index (χ0v) is 15.2. The third-order valence-corrected chi connectivity index (χ3v) is 4.24. The number of hydrogen-bond donors (Lipinski definition) is 2. The maximum absolute atomic E-state index is 12.2. The van der Waals surface area contributed by atoms with Gasteiger partial charge in [0.15, 0.2) is 0 Å². The molecule has 0 radical (unpaired) electrons. The summed E-state index contributed by atoms with van der Waals surface area (Å²) in [4.78, 5) is 24.0. The number of likely N-dealkylation sites (N-methyl/N-ethyl adjacent to an activating group) is 1. The summed E-state index contributed by atoms with van der Waals surface area (Å²) in [5, 5.41) is 21.0. The number of rotatable bonds is 7. The van der Waals surface area contributed by atoms with E-state index in [4.69, 9.17) is 16.3 Å². The standard InChI is InChI=1S/C19H20ClNO5/c1-3-26-14-10-8-13(9-11-14)19(24,12-17(22)18(23)21(2)25)15-6-4-5-7-16(15)20/h4-11,24-25H,3,12H2,1-2H3. The molecule has 0 spiro atoms. The van der Waals surface area contributed by atoms with Crippen LogP contribution < -0.4 is 4.74 Å². The van der Waals surface area contributed by atoms with Gasteiger partial charge in [0.1, 0.15) is 11.4 Å². The zero-order valence-electron chi connectivity index (χ0n) is 14.5. The number of ether oxygens (including phenoxy) is 1. The van der Waals surface area contributed by atoms with Gasteiger partial charge < -0.3 is 9.84 Å². The Hall–Kier alpha value is -2.41. The lowest BCUT2D eigenvalue weighted by Crippen LogP contribution is -2.38. The van der Waals surface area contributed by atoms with Crippen LogP contribution in [-0.4, -0.2) is 40.7 Å². The van der Waals surface area contributed by atoms with Crippen molar-refractivity contribution in [1.82, 2.24) is 5.06 Å². The van der Waals surface area contributed by atoms with E-state index in [1.807, 2.05) is 6.92 Å². The normalized spacial score (nSPS) is 13.0. The van der Waals surface area contributed by atoms with Gasteiger partial charge in [-0.05, 0) is 30.7 Å². The average Bonchev–Trinajstić information content (AvgIpc) is 2.62. The van der Waals surface area contributed by atoms with E-state index in [0.717, 1.165) is 7.05 Å². The molecule has 0 heterocycles. The molecule has 2 aromatic rings. The molecule has 0 aliphatic heterocycles. The molecule has 0 bridgehead atoms. The predicted molar refractivity (Wildman–Crippen MR) is 96.2 cm³/mol. The van der Waals surface area contributed by atoms with Crippen LogP contribution in [0.3, 0.4) is 0 Å². The minimum atomic E-state index is -1.84. The van der Waals surface area contributed by atoms with Gasteiger partial charge in [-0.15, -0.1) is 0 Å². The minimum absolute atomic E-state index is 0.188. The first-order chi connectivity index (χ1) is 12.3. The zero-order chi connectivity index (χ0) is 19.3. The van der Waals surface area contributed by atoms with E-state index in [2.05, 4.69) is 0 Å². The number of aliphatic hydroxyl groups is 1. The molecular formula is C19H20ClNO5. The summed E-state index contributed by atoms with van der Waals surface area (Å²) in [6.07, 6.45) is -0.575. The Bertz CT molecular complexity index is 791. The number of nitrogens with zero attached hydrogens (tertiary/aromatic N) is 1. The Labute approximate surface area is 156 Å². The summed E-state index contributed by atoms with van der Waals surface area (Å²) >= 11 is 6.22. The molecule has 0 saturated heterocycles. The minimum Gasteiger partial charge on any atom is -0.494 e. The van der Waals surface area contributed by atoms with Crippen molar-refractivity contribution >= 4 is 23.3 Å². The van der Waals surface area contributed by atoms with Gasteiger partial charge in [0.25, 0.3) is 0 Å². The Balaban J connectivity index is 2.50. The van der Waals surface area contributed by atoms with Crippen molar-refractivity contribution in [1.29, 1.82) is 0 Å². The van der Waals surface area contributed by atoms with E-state index in [0.29, 0.717) is 17.9 Å². The number of hydrogen-bond acceptors (Lipinski definition) is 5. The molecule has 138 valence electrons. The van der Waals surface area contributed by atoms with E-state index in [9.17, 15) is 19.9 Å². The second-order valence-corrected chi connectivity index (χ2v) is 6.13. The number of hydroxylamine groups is 2. The van der Waals surface area contributed by atoms with Gasteiger partial charge in [0, 0.05) is 17.6 Å². The van der Waals surface area contributed by atoms with Gasteiger partial charge in [-0.3, -0.25) is 14.8 Å². The summed E-state index contributed by atoms with van der Waals surface area (Å²) in [7, 11) is 1.05. The largest absolute Gasteiger partial charge is 0.494 e. The fourth-order valence-corrected chi connectivity index (χ4v) is 2.92. The first-order valence-electron chi connectivity index (χ1n) is 8.00. The molecule has 0 aliphatic rings. The van der Waals surface area contributed by atoms with Crippen LogP contribution in [0.1, 0.15) is 24.5 Å². The van der Waals surface area contributed by atoms with E-state index < -0.39 is 23.7 Å². The fraction of sp³-hybridized carbons (Fsp3) is 0.263. The van der Waals surface area contributed by atoms with Crippen LogP contribution in [0.15, 0.2) is 48.5 Å². The van der Waals surface area contributed by atoms with Crippen molar-refractivity contribution in [2.45, 2.75) is 18.9 Å². The van der Waals surface area contributed by atoms with Crippen molar-refractivity contribution in [2.75, 3.05) is 13.7 Å². The van der Waals surface area contributed by atoms with Crippen molar-refractivity contribution in [2.24, 2.45) is 0 Å². The molecule has 1 atom stereocenters. The highest BCUT2D eigenvalue weighted by atomic mass is 35.5. The second-order valence-electron chi connectivity index (χ2n) is 5.73. The quantitative estimate of drug-likeness (QED) is 0.440. The topological polar surface area (TPSA) is 87.1 Å². The van der Waals surface area contributed by atoms with Crippen LogP contribution >= 0.6 is 11.6 Å². The van der Waals surface area contributed by atoms with E-state index >= 15 is 0 Å². The molecule has 1 amide bonds. The SMILES string of the molecule is CCOc1ccc(C(O)(CC(=O)C(=O)N(C)O)c2ccccc2Cl)cc1. The molecule has 0 fully saturated rings. The first-order valence-corrected chi connectivity index (χ1v) is 8.38. The second kappa shape index (κ2) is 8.31. The summed E-state index contributed by atoms with van der Waals surface area (Å²) in [6, 6.07) is 13.1. The first kappa shape index (κ1) is 19.9. The molecule has 0 saturated carbocycles. The van der Waals surface area contributed by atoms with E-state index in [-0.39, 0.29) is 15.6 Å². The highest BCUT2D eigenvalue weighted by Crippen LogP contribution is 2.38. The van der Waals surface area contributed by atoms with Gasteiger partial charge in [-0.25, -0.2) is 5.06 Å². The molecule has 26 heavy (non-hydrogen) atoms. The highest BCUT2D eigenvalue weighted by Gasteiger charge is 2.38. The number of halogens is 1. The maximum atomic E-state index is 12.2. The number of Topliss-reactive ketones (excluding diaryl/α,β-unsaturated/α-hetero) is 1. The molecule has 2 aromatic carbocycles. The van der Waals surface area contributed by atoms with Crippen molar-refractivity contribution in [3.8, 4) is 5.75 Å². The Morgan fingerprint density at radius 2 is 1.77 bits per heavy atom. The smallest absolute Gasteiger partial charge is 0.313 e. The number of carbonyl (C=O) groups is 2. The summed E-state index contributed by atoms with van der Waals surface area (Å²) in [5.74, 6) is -1.47. The lowest BCUT2D eigenvalue weighted by molar-refractivity contribution is -0.166. The third kappa shape index (κ3) is 4.22. The van der Waals surface area contributed by atoms with E-state index in [1.165, 1.54) is 0 Å². The summed E-state index contributed by atoms with van der Waals surface area (Å²) in [6.45, 7) is 2.34. The van der Waals surface area contributed by atoms with Crippen LogP contribution in [0.25, 0.3) is 0 Å². The highest BCUT2D eigenvalue weighted by molar-refractivity contribution is 6.36. The summed E-state index contributed by atoms with van der Waals surface area (Å²) in [5.41, 5.74) is -1.19. The lowest BCUT2D eigenvalue weighted by atomic mass is 9.82. The molecule has 2 rings (SSSR count). The number of ketones is 1. The monoisotopic (exact) mass is 377 g/mol. The molecule has 1 unspecified atom stereocenters. The van der Waals surface area contributed by atoms with Crippen LogP contribution in [0.5, 0.6) is 5.75 Å². The van der Waals surface area contributed by atoms with Gasteiger partial charge in [0.2, 0.25) is 5.78 Å². The van der Waals surface area contributed by atoms with Crippen molar-refractivity contribution in [3.05, 3.63) is 64.7 Å². The molecular weight excluding hydrogens is 358 g/mol. The Morgan fingerprint density at radius 3 is 2.31 bits per heavy atom. The average molecular weight is 378 g/mol. The van der Waals surface area contributed by atoms with E-state index in [1.54, 1.807) is 48.5 Å². The van der Waals surface area contributed by atoms with Crippen LogP contribution in [0.4, 0.5) is 0 Å². The molecule has 0 aromatic heterocycles. The van der Waals surface area contributed by atoms with Crippen LogP contribution in [-0.2, 0) is 15.2 Å². The Morgan fingerprint density at radius 1 is 1.15 bits per heavy atom. The number of carbonyl (C=O) groups excluding carboxylic acids is 2. The molecule has 0 aliphatic carbocycles. The summed E-state index contributed by atoms with van der Waals surface area (Å²) < 4.78 is 5.39. The molecule has 7 heteroatoms. The van der Waals surface area contributed by atoms with Crippen LogP contribution in [0.2, 0.25) is 5.02 Å². The van der Waals surface area contributed by atoms with Crippen molar-refractivity contribution in [3.63, 3.8) is 0 Å². The molecule has 2 N–H and O–H groups in total. The number of amides is 1. The fourth-order valence-electron chi connectivity index (χ4n) is 2.63. The van der Waals surface area contributed by atoms with Gasteiger partial charge in [0.05, 0.1) is 13.0 Å². The lowest BCUT2D eigenvalue weighted by Gasteiger charge is -2.29. The predicted octanol–water partition coefficient (Wildman–Crippen LogP) is 2.78. The van der Waals surface area contributed by atoms with Gasteiger partial charge >= 0.3 is 5.91 Å². The molecule has 6 nitrogen and oxygen atoms in total. The van der Waals surface area contributed by atoms with Gasteiger partial charge in [-0.1, -0.05) is 41.9 Å². The third-order valence-electron chi connectivity index (χ3n) is 3.91.